The highest BCUT2D eigenvalue weighted by atomic mass is 16.5. The van der Waals surface area contributed by atoms with Crippen molar-refractivity contribution < 1.29 is 19.1 Å². The third-order valence-corrected chi connectivity index (χ3v) is 9.61. The van der Waals surface area contributed by atoms with Crippen LogP contribution in [0, 0.1) is 11.3 Å². The lowest BCUT2D eigenvalue weighted by Gasteiger charge is -2.46. The third kappa shape index (κ3) is 4.24. The number of benzene rings is 2. The third-order valence-electron chi connectivity index (χ3n) is 9.61. The second kappa shape index (κ2) is 9.28. The van der Waals surface area contributed by atoms with E-state index in [0.717, 1.165) is 49.0 Å². The molecule has 0 spiro atoms. The zero-order valence-electron chi connectivity index (χ0n) is 22.4. The van der Waals surface area contributed by atoms with Crippen LogP contribution in [-0.4, -0.2) is 41.4 Å². The quantitative estimate of drug-likeness (QED) is 0.486. The van der Waals surface area contributed by atoms with E-state index in [1.54, 1.807) is 11.0 Å². The number of fused-ring (bicyclic) bond motifs is 5. The molecule has 0 radical (unpaired) electrons. The van der Waals surface area contributed by atoms with Crippen LogP contribution in [-0.2, 0) is 4.79 Å². The van der Waals surface area contributed by atoms with Gasteiger partial charge in [-0.3, -0.25) is 19.9 Å². The highest BCUT2D eigenvalue weighted by molar-refractivity contribution is 6.00. The molecule has 2 fully saturated rings. The Morgan fingerprint density at radius 2 is 1.82 bits per heavy atom. The minimum absolute atomic E-state index is 0.0266. The molecule has 1 aliphatic carbocycles. The molecule has 6 bridgehead atoms. The zero-order chi connectivity index (χ0) is 26.7. The number of ether oxygens (including phenoxy) is 2. The number of amides is 2. The molecule has 1 saturated heterocycles. The van der Waals surface area contributed by atoms with Crippen molar-refractivity contribution in [1.29, 1.82) is 5.41 Å². The normalized spacial score (nSPS) is 31.4. The van der Waals surface area contributed by atoms with Gasteiger partial charge in [-0.2, -0.15) is 0 Å². The van der Waals surface area contributed by atoms with E-state index < -0.39 is 0 Å². The summed E-state index contributed by atoms with van der Waals surface area (Å²) in [6.07, 6.45) is 6.65. The Labute approximate surface area is 228 Å². The summed E-state index contributed by atoms with van der Waals surface area (Å²) in [6.45, 7) is 3.14. The van der Waals surface area contributed by atoms with Crippen LogP contribution in [0.4, 0.5) is 0 Å². The van der Waals surface area contributed by atoms with Gasteiger partial charge in [0, 0.05) is 35.1 Å². The summed E-state index contributed by atoms with van der Waals surface area (Å²) in [5.74, 6) is 2.66. The van der Waals surface area contributed by atoms with Crippen LogP contribution in [0.15, 0.2) is 36.4 Å². The first-order valence-electron chi connectivity index (χ1n) is 14.5. The van der Waals surface area contributed by atoms with Gasteiger partial charge in [-0.15, -0.1) is 0 Å². The number of carbonyl (C=O) groups excluding carboxylic acids is 2. The molecule has 204 valence electrons. The zero-order valence-corrected chi connectivity index (χ0v) is 22.4. The van der Waals surface area contributed by atoms with Gasteiger partial charge in [-0.25, -0.2) is 0 Å². The lowest BCUT2D eigenvalue weighted by molar-refractivity contribution is -0.133. The monoisotopic (exact) mass is 528 g/mol. The van der Waals surface area contributed by atoms with Crippen molar-refractivity contribution in [1.82, 2.24) is 15.5 Å². The van der Waals surface area contributed by atoms with E-state index >= 15 is 0 Å². The first-order valence-corrected chi connectivity index (χ1v) is 14.5. The van der Waals surface area contributed by atoms with Gasteiger partial charge in [0.05, 0.1) is 31.7 Å². The average Bonchev–Trinajstić information content (AvgIpc) is 3.71. The molecule has 8 rings (SSSR count). The fourth-order valence-corrected chi connectivity index (χ4v) is 7.22. The Morgan fingerprint density at radius 3 is 2.64 bits per heavy atom. The van der Waals surface area contributed by atoms with Gasteiger partial charge >= 0.3 is 0 Å². The lowest BCUT2D eigenvalue weighted by Crippen LogP contribution is -2.63. The number of carbonyl (C=O) groups is 2. The molecule has 5 aliphatic heterocycles. The van der Waals surface area contributed by atoms with E-state index in [9.17, 15) is 9.59 Å². The standard InChI is InChI=1S/C31H36N4O4/c1-2-31-11-3-4-18-14-21(18)19-5-7-26-22(15-19)24(9-12-38-26)33-29(37)20-6-8-27-23(16-20)25(10-13-39-27)35(28(36)17-31)30(32)34-31/h5-8,15-16,18,21,24-25H,2-4,9-14,17H2,1H3,(H2,32,34)(H,33,37)/t18?,21?,24-,25+,31+/m0/s1. The fourth-order valence-electron chi connectivity index (χ4n) is 7.22. The Morgan fingerprint density at radius 1 is 1.03 bits per heavy atom. The van der Waals surface area contributed by atoms with Crippen LogP contribution in [0.3, 0.4) is 0 Å². The number of guanidine groups is 1. The fraction of sp³-hybridized carbons (Fsp3) is 0.516. The van der Waals surface area contributed by atoms with E-state index in [2.05, 4.69) is 35.8 Å². The van der Waals surface area contributed by atoms with Crippen LogP contribution in [0.1, 0.15) is 103 Å². The molecule has 5 atom stereocenters. The molecular weight excluding hydrogens is 492 g/mol. The van der Waals surface area contributed by atoms with Gasteiger partial charge in [0.15, 0.2) is 5.96 Å². The predicted octanol–water partition coefficient (Wildman–Crippen LogP) is 4.96. The number of nitrogens with one attached hydrogen (secondary N) is 3. The molecule has 1 saturated carbocycles. The maximum Gasteiger partial charge on any atom is 0.251 e. The number of hydrogen-bond acceptors (Lipinski definition) is 5. The summed E-state index contributed by atoms with van der Waals surface area (Å²) in [4.78, 5) is 28.8. The van der Waals surface area contributed by atoms with Crippen molar-refractivity contribution in [3.8, 4) is 11.5 Å². The molecule has 2 aromatic carbocycles. The van der Waals surface area contributed by atoms with E-state index in [1.165, 1.54) is 12.0 Å². The van der Waals surface area contributed by atoms with Gasteiger partial charge in [0.1, 0.15) is 11.5 Å². The summed E-state index contributed by atoms with van der Waals surface area (Å²) in [7, 11) is 0. The molecular formula is C31H36N4O4. The van der Waals surface area contributed by atoms with Crippen LogP contribution in [0.2, 0.25) is 0 Å². The Bertz CT molecular complexity index is 1340. The summed E-state index contributed by atoms with van der Waals surface area (Å²) in [5, 5.41) is 15.6. The molecule has 3 N–H and O–H groups in total. The number of hydrogen-bond donors (Lipinski definition) is 3. The van der Waals surface area contributed by atoms with Crippen LogP contribution < -0.4 is 20.1 Å². The molecule has 2 unspecified atom stereocenters. The maximum atomic E-state index is 13.7. The Balaban J connectivity index is 1.28. The van der Waals surface area contributed by atoms with Gasteiger partial charge < -0.3 is 20.1 Å². The van der Waals surface area contributed by atoms with Crippen molar-refractivity contribution in [2.75, 3.05) is 13.2 Å². The Hall–Kier alpha value is -3.55. The molecule has 8 heteroatoms. The summed E-state index contributed by atoms with van der Waals surface area (Å²) >= 11 is 0. The summed E-state index contributed by atoms with van der Waals surface area (Å²) < 4.78 is 11.9. The largest absolute Gasteiger partial charge is 0.493 e. The van der Waals surface area contributed by atoms with Crippen molar-refractivity contribution in [2.45, 2.75) is 81.8 Å². The number of nitrogens with zero attached hydrogens (tertiary/aromatic N) is 1. The SMILES string of the molecule is CC[C@]12CCCC3CC3c3ccc4c(c3)[C@H](CCO4)NC(=O)c3ccc4c(c3)[C@@H](CCO4)N(C(=N)N1)C(=O)C2. The molecule has 2 amide bonds. The molecule has 8 nitrogen and oxygen atoms in total. The summed E-state index contributed by atoms with van der Waals surface area (Å²) in [5.41, 5.74) is 3.31. The van der Waals surface area contributed by atoms with E-state index in [0.29, 0.717) is 49.2 Å². The minimum Gasteiger partial charge on any atom is -0.493 e. The van der Waals surface area contributed by atoms with Crippen molar-refractivity contribution in [3.05, 3.63) is 58.7 Å². The van der Waals surface area contributed by atoms with Gasteiger partial charge in [-0.1, -0.05) is 19.4 Å². The molecule has 6 aliphatic rings. The average molecular weight is 529 g/mol. The topological polar surface area (TPSA) is 104 Å². The molecule has 39 heavy (non-hydrogen) atoms. The van der Waals surface area contributed by atoms with Crippen molar-refractivity contribution >= 4 is 17.8 Å². The summed E-state index contributed by atoms with van der Waals surface area (Å²) in [6, 6.07) is 11.5. The van der Waals surface area contributed by atoms with E-state index in [1.807, 2.05) is 12.1 Å². The van der Waals surface area contributed by atoms with E-state index in [4.69, 9.17) is 14.9 Å². The van der Waals surface area contributed by atoms with Gasteiger partial charge in [0.25, 0.3) is 5.91 Å². The van der Waals surface area contributed by atoms with Gasteiger partial charge in [0.2, 0.25) is 5.91 Å². The van der Waals surface area contributed by atoms with Crippen LogP contribution in [0.25, 0.3) is 0 Å². The van der Waals surface area contributed by atoms with Gasteiger partial charge in [-0.05, 0) is 73.4 Å². The highest BCUT2D eigenvalue weighted by Crippen LogP contribution is 2.52. The molecule has 0 aromatic heterocycles. The lowest BCUT2D eigenvalue weighted by atomic mass is 9.83. The molecule has 2 aromatic rings. The molecule has 5 heterocycles. The van der Waals surface area contributed by atoms with E-state index in [-0.39, 0.29) is 35.4 Å². The Kier molecular flexibility index (Phi) is 5.83. The van der Waals surface area contributed by atoms with Crippen LogP contribution in [0.5, 0.6) is 11.5 Å². The second-order valence-electron chi connectivity index (χ2n) is 11.9. The predicted molar refractivity (Wildman–Crippen MR) is 146 cm³/mol. The van der Waals surface area contributed by atoms with Crippen molar-refractivity contribution in [3.63, 3.8) is 0 Å². The minimum atomic E-state index is -0.385. The van der Waals surface area contributed by atoms with Crippen molar-refractivity contribution in [2.24, 2.45) is 5.92 Å². The smallest absolute Gasteiger partial charge is 0.251 e. The first-order chi connectivity index (χ1) is 18.9. The highest BCUT2D eigenvalue weighted by Gasteiger charge is 2.45. The van der Waals surface area contributed by atoms with Crippen LogP contribution >= 0.6 is 0 Å². The first kappa shape index (κ1) is 24.5. The second-order valence-corrected chi connectivity index (χ2v) is 11.9. The maximum absolute atomic E-state index is 13.7. The number of rotatable bonds is 1.